The van der Waals surface area contributed by atoms with Crippen LogP contribution in [0.4, 0.5) is 0 Å². The average molecular weight is 343 g/mol. The molecule has 4 nitrogen and oxygen atoms in total. The first-order valence-electron chi connectivity index (χ1n) is 5.68. The highest BCUT2D eigenvalue weighted by molar-refractivity contribution is 14.1. The molecule has 0 aliphatic carbocycles. The normalized spacial score (nSPS) is 22.1. The van der Waals surface area contributed by atoms with Crippen molar-refractivity contribution in [1.82, 2.24) is 12.9 Å². The Morgan fingerprint density at radius 1 is 1.47 bits per heavy atom. The summed E-state index contributed by atoms with van der Waals surface area (Å²) in [5.74, 6) is 0. The highest BCUT2D eigenvalue weighted by atomic mass is 127. The van der Waals surface area contributed by atoms with Gasteiger partial charge in [-0.05, 0) is 17.7 Å². The fraction of sp³-hybridized carbons (Fsp3) is 0.417. The predicted molar refractivity (Wildman–Crippen MR) is 75.0 cm³/mol. The lowest BCUT2D eigenvalue weighted by atomic mass is 10.1. The van der Waals surface area contributed by atoms with Crippen molar-refractivity contribution >= 4 is 33.8 Å². The molecule has 90 valence electrons. The summed E-state index contributed by atoms with van der Waals surface area (Å²) < 4.78 is 9.99. The highest BCUT2D eigenvalue weighted by Crippen LogP contribution is 2.26. The maximum absolute atomic E-state index is 5.82. The van der Waals surface area contributed by atoms with E-state index >= 15 is 0 Å². The van der Waals surface area contributed by atoms with Crippen molar-refractivity contribution in [3.8, 4) is 0 Å². The smallest absolute Gasteiger partial charge is 0.0960 e. The third kappa shape index (κ3) is 2.19. The maximum Gasteiger partial charge on any atom is 0.0960 e. The van der Waals surface area contributed by atoms with Gasteiger partial charge in [0.15, 0.2) is 0 Å². The molecule has 1 atom stereocenters. The van der Waals surface area contributed by atoms with Crippen molar-refractivity contribution in [1.29, 1.82) is 0 Å². The van der Waals surface area contributed by atoms with Gasteiger partial charge in [-0.2, -0.15) is 5.10 Å². The Bertz CT molecular complexity index is 540. The molecule has 1 fully saturated rings. The standard InChI is InChI=1S/C12H14IN3O/c1-15-11-3-2-9(6-10(11)7-14-15)12-8-16(13)4-5-17-12/h2-3,6-7,12H,4-5,8H2,1H3/t12-/m1/s1. The molecule has 1 aromatic carbocycles. The Kier molecular flexibility index (Phi) is 3.06. The van der Waals surface area contributed by atoms with Gasteiger partial charge in [-0.1, -0.05) is 6.07 Å². The molecule has 0 bridgehead atoms. The number of aromatic nitrogens is 2. The second-order valence-corrected chi connectivity index (χ2v) is 5.68. The van der Waals surface area contributed by atoms with Crippen LogP contribution in [0.2, 0.25) is 0 Å². The third-order valence-corrected chi connectivity index (χ3v) is 4.04. The molecule has 2 heterocycles. The second-order valence-electron chi connectivity index (χ2n) is 4.31. The van der Waals surface area contributed by atoms with Gasteiger partial charge in [-0.25, -0.2) is 3.11 Å². The van der Waals surface area contributed by atoms with Crippen LogP contribution in [0, 0.1) is 0 Å². The fourth-order valence-electron chi connectivity index (χ4n) is 2.20. The van der Waals surface area contributed by atoms with E-state index in [1.807, 2.05) is 17.9 Å². The number of fused-ring (bicyclic) bond motifs is 1. The first-order chi connectivity index (χ1) is 8.24. The van der Waals surface area contributed by atoms with Gasteiger partial charge in [0.2, 0.25) is 0 Å². The van der Waals surface area contributed by atoms with Gasteiger partial charge in [0.1, 0.15) is 0 Å². The van der Waals surface area contributed by atoms with E-state index in [4.69, 9.17) is 4.74 Å². The van der Waals surface area contributed by atoms with Gasteiger partial charge in [0.05, 0.1) is 24.4 Å². The Morgan fingerprint density at radius 3 is 3.18 bits per heavy atom. The molecule has 0 radical (unpaired) electrons. The number of hydrogen-bond donors (Lipinski definition) is 0. The lowest BCUT2D eigenvalue weighted by Crippen LogP contribution is -2.31. The number of nitrogens with zero attached hydrogens (tertiary/aromatic N) is 3. The molecule has 0 spiro atoms. The van der Waals surface area contributed by atoms with Crippen LogP contribution in [-0.4, -0.2) is 32.6 Å². The molecule has 0 unspecified atom stereocenters. The Morgan fingerprint density at radius 2 is 2.35 bits per heavy atom. The Balaban J connectivity index is 1.94. The number of halogens is 1. The number of aryl methyl sites for hydroxylation is 1. The lowest BCUT2D eigenvalue weighted by molar-refractivity contribution is 0.00583. The van der Waals surface area contributed by atoms with Crippen molar-refractivity contribution in [2.24, 2.45) is 7.05 Å². The first-order valence-corrected chi connectivity index (χ1v) is 6.64. The summed E-state index contributed by atoms with van der Waals surface area (Å²) >= 11 is 2.36. The minimum absolute atomic E-state index is 0.185. The van der Waals surface area contributed by atoms with Crippen molar-refractivity contribution in [3.63, 3.8) is 0 Å². The minimum Gasteiger partial charge on any atom is -0.371 e. The number of benzene rings is 1. The molecule has 0 N–H and O–H groups in total. The van der Waals surface area contributed by atoms with Gasteiger partial charge in [0.25, 0.3) is 0 Å². The molecule has 5 heteroatoms. The molecule has 3 rings (SSSR count). The summed E-state index contributed by atoms with van der Waals surface area (Å²) in [4.78, 5) is 0. The third-order valence-electron chi connectivity index (χ3n) is 3.16. The lowest BCUT2D eigenvalue weighted by Gasteiger charge is -2.28. The van der Waals surface area contributed by atoms with Crippen LogP contribution in [0.15, 0.2) is 24.4 Å². The summed E-state index contributed by atoms with van der Waals surface area (Å²) in [5, 5.41) is 5.44. The van der Waals surface area contributed by atoms with Gasteiger partial charge in [0, 0.05) is 48.4 Å². The second kappa shape index (κ2) is 4.55. The van der Waals surface area contributed by atoms with Crippen LogP contribution in [0.25, 0.3) is 10.9 Å². The number of ether oxygens (including phenoxy) is 1. The van der Waals surface area contributed by atoms with E-state index in [-0.39, 0.29) is 6.10 Å². The quantitative estimate of drug-likeness (QED) is 0.588. The molecule has 2 aromatic rings. The number of rotatable bonds is 1. The van der Waals surface area contributed by atoms with Crippen molar-refractivity contribution in [3.05, 3.63) is 30.0 Å². The zero-order valence-corrected chi connectivity index (χ0v) is 11.8. The molecule has 1 aromatic heterocycles. The molecule has 1 aliphatic rings. The monoisotopic (exact) mass is 343 g/mol. The molecule has 1 aliphatic heterocycles. The van der Waals surface area contributed by atoms with E-state index in [0.29, 0.717) is 0 Å². The van der Waals surface area contributed by atoms with Gasteiger partial charge in [-0.15, -0.1) is 0 Å². The van der Waals surface area contributed by atoms with Crippen LogP contribution in [0.5, 0.6) is 0 Å². The minimum atomic E-state index is 0.185. The topological polar surface area (TPSA) is 30.3 Å². The Hall–Kier alpha value is -0.660. The van der Waals surface area contributed by atoms with Crippen LogP contribution in [0.1, 0.15) is 11.7 Å². The largest absolute Gasteiger partial charge is 0.371 e. The molecular formula is C12H14IN3O. The SMILES string of the molecule is Cn1ncc2cc([C@H]3CN(I)CCO3)ccc21. The summed E-state index contributed by atoms with van der Waals surface area (Å²) in [6.45, 7) is 2.76. The van der Waals surface area contributed by atoms with Gasteiger partial charge in [-0.3, -0.25) is 4.68 Å². The molecule has 1 saturated heterocycles. The van der Waals surface area contributed by atoms with E-state index in [1.54, 1.807) is 0 Å². The molecule has 0 saturated carbocycles. The van der Waals surface area contributed by atoms with Gasteiger partial charge < -0.3 is 4.74 Å². The molecular weight excluding hydrogens is 329 g/mol. The summed E-state index contributed by atoms with van der Waals surface area (Å²) in [6, 6.07) is 6.44. The van der Waals surface area contributed by atoms with Crippen LogP contribution >= 0.6 is 22.9 Å². The van der Waals surface area contributed by atoms with Gasteiger partial charge >= 0.3 is 0 Å². The van der Waals surface area contributed by atoms with Crippen molar-refractivity contribution < 1.29 is 4.74 Å². The van der Waals surface area contributed by atoms with Crippen LogP contribution < -0.4 is 0 Å². The number of morpholine rings is 1. The van der Waals surface area contributed by atoms with Crippen LogP contribution in [-0.2, 0) is 11.8 Å². The predicted octanol–water partition coefficient (Wildman–Crippen LogP) is 2.30. The fourth-order valence-corrected chi connectivity index (χ4v) is 2.76. The van der Waals surface area contributed by atoms with E-state index in [1.165, 1.54) is 10.9 Å². The highest BCUT2D eigenvalue weighted by Gasteiger charge is 2.20. The summed E-state index contributed by atoms with van der Waals surface area (Å²) in [5.41, 5.74) is 2.41. The molecule has 17 heavy (non-hydrogen) atoms. The first kappa shape index (κ1) is 11.4. The zero-order valence-electron chi connectivity index (χ0n) is 9.64. The van der Waals surface area contributed by atoms with E-state index < -0.39 is 0 Å². The average Bonchev–Trinajstić information content (AvgIpc) is 2.71. The summed E-state index contributed by atoms with van der Waals surface area (Å²) in [6.07, 6.45) is 2.09. The van der Waals surface area contributed by atoms with Crippen molar-refractivity contribution in [2.75, 3.05) is 19.7 Å². The Labute approximate surface area is 114 Å². The molecule has 0 amide bonds. The number of hydrogen-bond acceptors (Lipinski definition) is 3. The summed E-state index contributed by atoms with van der Waals surface area (Å²) in [7, 11) is 1.96. The zero-order chi connectivity index (χ0) is 11.8. The van der Waals surface area contributed by atoms with Crippen LogP contribution in [0.3, 0.4) is 0 Å². The van der Waals surface area contributed by atoms with E-state index in [2.05, 4.69) is 49.3 Å². The van der Waals surface area contributed by atoms with Crippen molar-refractivity contribution in [2.45, 2.75) is 6.10 Å². The van der Waals surface area contributed by atoms with E-state index in [9.17, 15) is 0 Å². The van der Waals surface area contributed by atoms with E-state index in [0.717, 1.165) is 25.2 Å². The maximum atomic E-state index is 5.82.